The number of amides is 3. The minimum Gasteiger partial charge on any atom is -0.467 e. The van der Waals surface area contributed by atoms with E-state index >= 15 is 0 Å². The Hall–Kier alpha value is -2.61. The molecule has 0 radical (unpaired) electrons. The SMILES string of the molecule is O=C(CN1CC[C@]2(CCC1=O)NC(=O)c1ccccc1O2)NC[C@@H]1CCCO1. The van der Waals surface area contributed by atoms with Crippen molar-refractivity contribution < 1.29 is 23.9 Å². The zero-order chi connectivity index (χ0) is 19.6. The Morgan fingerprint density at radius 2 is 2.14 bits per heavy atom. The van der Waals surface area contributed by atoms with Crippen LogP contribution in [0.25, 0.3) is 0 Å². The van der Waals surface area contributed by atoms with Gasteiger partial charge < -0.3 is 25.0 Å². The van der Waals surface area contributed by atoms with Crippen LogP contribution in [-0.4, -0.2) is 60.7 Å². The molecule has 8 nitrogen and oxygen atoms in total. The number of carbonyl (C=O) groups excluding carboxylic acids is 3. The van der Waals surface area contributed by atoms with Crippen molar-refractivity contribution in [1.29, 1.82) is 0 Å². The molecule has 4 rings (SSSR count). The Kier molecular flexibility index (Phi) is 5.21. The number of para-hydroxylation sites is 1. The molecular weight excluding hydrogens is 362 g/mol. The molecule has 0 unspecified atom stereocenters. The molecule has 3 aliphatic heterocycles. The van der Waals surface area contributed by atoms with Crippen molar-refractivity contribution in [2.75, 3.05) is 26.2 Å². The van der Waals surface area contributed by atoms with Crippen LogP contribution < -0.4 is 15.4 Å². The van der Waals surface area contributed by atoms with Gasteiger partial charge in [0.2, 0.25) is 11.8 Å². The molecule has 0 aromatic heterocycles. The van der Waals surface area contributed by atoms with Crippen LogP contribution in [0.5, 0.6) is 5.75 Å². The second-order valence-electron chi connectivity index (χ2n) is 7.55. The standard InChI is InChI=1S/C20H25N3O5/c24-17(21-12-14-4-3-11-27-14)13-23-10-9-20(8-7-18(23)25)22-19(26)15-5-1-2-6-16(15)28-20/h1-2,5-6,14H,3-4,7-13H2,(H,21,24)(H,22,26)/t14-,20+/m0/s1. The first-order chi connectivity index (χ1) is 13.5. The number of carbonyl (C=O) groups is 3. The fraction of sp³-hybridized carbons (Fsp3) is 0.550. The highest BCUT2D eigenvalue weighted by Gasteiger charge is 2.42. The Bertz CT molecular complexity index is 777. The predicted molar refractivity (Wildman–Crippen MR) is 99.7 cm³/mol. The molecule has 3 heterocycles. The van der Waals surface area contributed by atoms with E-state index in [0.717, 1.165) is 19.4 Å². The van der Waals surface area contributed by atoms with Gasteiger partial charge in [0.15, 0.2) is 5.72 Å². The Morgan fingerprint density at radius 1 is 1.29 bits per heavy atom. The van der Waals surface area contributed by atoms with Crippen LogP contribution in [-0.2, 0) is 14.3 Å². The number of hydrogen-bond acceptors (Lipinski definition) is 5. The number of hydrogen-bond donors (Lipinski definition) is 2. The number of likely N-dealkylation sites (tertiary alicyclic amines) is 1. The van der Waals surface area contributed by atoms with E-state index in [9.17, 15) is 14.4 Å². The van der Waals surface area contributed by atoms with E-state index in [0.29, 0.717) is 37.2 Å². The molecule has 0 saturated carbocycles. The first-order valence-corrected chi connectivity index (χ1v) is 9.81. The fourth-order valence-electron chi connectivity index (χ4n) is 3.94. The maximum atomic E-state index is 12.5. The third-order valence-electron chi connectivity index (χ3n) is 5.54. The second-order valence-corrected chi connectivity index (χ2v) is 7.55. The van der Waals surface area contributed by atoms with Crippen LogP contribution in [0, 0.1) is 0 Å². The molecule has 2 saturated heterocycles. The predicted octanol–water partition coefficient (Wildman–Crippen LogP) is 0.813. The van der Waals surface area contributed by atoms with Crippen LogP contribution in [0.4, 0.5) is 0 Å². The molecule has 2 N–H and O–H groups in total. The maximum Gasteiger partial charge on any atom is 0.258 e. The molecule has 2 fully saturated rings. The third-order valence-corrected chi connectivity index (χ3v) is 5.54. The van der Waals surface area contributed by atoms with E-state index in [1.807, 2.05) is 6.07 Å². The number of benzene rings is 1. The summed E-state index contributed by atoms with van der Waals surface area (Å²) in [6.07, 6.45) is 3.05. The number of nitrogens with zero attached hydrogens (tertiary/aromatic N) is 1. The summed E-state index contributed by atoms with van der Waals surface area (Å²) < 4.78 is 11.6. The average Bonchev–Trinajstić information content (AvgIpc) is 3.17. The normalized spacial score (nSPS) is 27.0. The van der Waals surface area contributed by atoms with Gasteiger partial charge >= 0.3 is 0 Å². The lowest BCUT2D eigenvalue weighted by Gasteiger charge is -2.38. The molecule has 3 amide bonds. The number of ether oxygens (including phenoxy) is 2. The van der Waals surface area contributed by atoms with Crippen molar-refractivity contribution >= 4 is 17.7 Å². The van der Waals surface area contributed by atoms with Gasteiger partial charge in [0, 0.05) is 39.0 Å². The fourth-order valence-corrected chi connectivity index (χ4v) is 3.94. The summed E-state index contributed by atoms with van der Waals surface area (Å²) in [5, 5.41) is 5.77. The molecule has 1 aromatic rings. The molecule has 0 bridgehead atoms. The number of nitrogens with one attached hydrogen (secondary N) is 2. The van der Waals surface area contributed by atoms with E-state index in [2.05, 4.69) is 10.6 Å². The lowest BCUT2D eigenvalue weighted by atomic mass is 10.0. The van der Waals surface area contributed by atoms with Gasteiger partial charge in [-0.25, -0.2) is 0 Å². The molecule has 0 aliphatic carbocycles. The van der Waals surface area contributed by atoms with Gasteiger partial charge in [-0.2, -0.15) is 0 Å². The summed E-state index contributed by atoms with van der Waals surface area (Å²) in [5.74, 6) is 0.0260. The summed E-state index contributed by atoms with van der Waals surface area (Å²) in [7, 11) is 0. The van der Waals surface area contributed by atoms with Crippen LogP contribution in [0.2, 0.25) is 0 Å². The van der Waals surface area contributed by atoms with E-state index in [1.165, 1.54) is 4.90 Å². The Balaban J connectivity index is 1.36. The summed E-state index contributed by atoms with van der Waals surface area (Å²) in [6, 6.07) is 7.08. The largest absolute Gasteiger partial charge is 0.467 e. The highest BCUT2D eigenvalue weighted by molar-refractivity contribution is 5.98. The molecule has 8 heteroatoms. The summed E-state index contributed by atoms with van der Waals surface area (Å²) in [4.78, 5) is 38.8. The van der Waals surface area contributed by atoms with Gasteiger partial charge in [-0.1, -0.05) is 12.1 Å². The minimum atomic E-state index is -0.913. The molecule has 2 atom stereocenters. The van der Waals surface area contributed by atoms with Crippen LogP contribution in [0.1, 0.15) is 42.5 Å². The summed E-state index contributed by atoms with van der Waals surface area (Å²) >= 11 is 0. The quantitative estimate of drug-likeness (QED) is 0.797. The highest BCUT2D eigenvalue weighted by atomic mass is 16.5. The van der Waals surface area contributed by atoms with Gasteiger partial charge in [-0.05, 0) is 25.0 Å². The van der Waals surface area contributed by atoms with Crippen LogP contribution in [0.3, 0.4) is 0 Å². The molecule has 3 aliphatic rings. The van der Waals surface area contributed by atoms with Crippen molar-refractivity contribution in [2.24, 2.45) is 0 Å². The molecular formula is C20H25N3O5. The van der Waals surface area contributed by atoms with E-state index < -0.39 is 5.72 Å². The maximum absolute atomic E-state index is 12.5. The van der Waals surface area contributed by atoms with Crippen molar-refractivity contribution in [3.8, 4) is 5.75 Å². The van der Waals surface area contributed by atoms with Crippen LogP contribution in [0.15, 0.2) is 24.3 Å². The molecule has 150 valence electrons. The van der Waals surface area contributed by atoms with Crippen LogP contribution >= 0.6 is 0 Å². The van der Waals surface area contributed by atoms with Crippen molar-refractivity contribution in [1.82, 2.24) is 15.5 Å². The summed E-state index contributed by atoms with van der Waals surface area (Å²) in [6.45, 7) is 1.56. The monoisotopic (exact) mass is 387 g/mol. The van der Waals surface area contributed by atoms with E-state index in [1.54, 1.807) is 18.2 Å². The van der Waals surface area contributed by atoms with E-state index in [-0.39, 0.29) is 36.8 Å². The Morgan fingerprint density at radius 3 is 2.96 bits per heavy atom. The summed E-state index contributed by atoms with van der Waals surface area (Å²) in [5.41, 5.74) is -0.418. The molecule has 28 heavy (non-hydrogen) atoms. The molecule has 1 aromatic carbocycles. The molecule has 1 spiro atoms. The third kappa shape index (κ3) is 3.96. The first kappa shape index (κ1) is 18.7. The lowest BCUT2D eigenvalue weighted by Crippen LogP contribution is -2.56. The average molecular weight is 387 g/mol. The highest BCUT2D eigenvalue weighted by Crippen LogP contribution is 2.33. The van der Waals surface area contributed by atoms with Crippen molar-refractivity contribution in [3.05, 3.63) is 29.8 Å². The van der Waals surface area contributed by atoms with Gasteiger partial charge in [0.1, 0.15) is 5.75 Å². The van der Waals surface area contributed by atoms with Gasteiger partial charge in [-0.15, -0.1) is 0 Å². The van der Waals surface area contributed by atoms with E-state index in [4.69, 9.17) is 9.47 Å². The van der Waals surface area contributed by atoms with Crippen molar-refractivity contribution in [2.45, 2.75) is 43.9 Å². The van der Waals surface area contributed by atoms with Gasteiger partial charge in [0.05, 0.1) is 18.2 Å². The first-order valence-electron chi connectivity index (χ1n) is 9.81. The zero-order valence-corrected chi connectivity index (χ0v) is 15.7. The van der Waals surface area contributed by atoms with Crippen molar-refractivity contribution in [3.63, 3.8) is 0 Å². The number of rotatable bonds is 4. The zero-order valence-electron chi connectivity index (χ0n) is 15.7. The second kappa shape index (κ2) is 7.79. The van der Waals surface area contributed by atoms with Gasteiger partial charge in [0.25, 0.3) is 5.91 Å². The van der Waals surface area contributed by atoms with Gasteiger partial charge in [-0.3, -0.25) is 14.4 Å². The topological polar surface area (TPSA) is 97.0 Å². The number of fused-ring (bicyclic) bond motifs is 1. The Labute approximate surface area is 163 Å². The lowest BCUT2D eigenvalue weighted by molar-refractivity contribution is -0.135. The minimum absolute atomic E-state index is 0.00612. The smallest absolute Gasteiger partial charge is 0.258 e.